The zero-order valence-electron chi connectivity index (χ0n) is 16.2. The van der Waals surface area contributed by atoms with Gasteiger partial charge in [-0.15, -0.1) is 0 Å². The Hall–Kier alpha value is -2.70. The predicted octanol–water partition coefficient (Wildman–Crippen LogP) is 5.66. The summed E-state index contributed by atoms with van der Waals surface area (Å²) in [6, 6.07) is 26.5. The Kier molecular flexibility index (Phi) is 4.83. The van der Waals surface area contributed by atoms with E-state index in [0.717, 1.165) is 36.4 Å². The van der Waals surface area contributed by atoms with Crippen LogP contribution in [0.3, 0.4) is 0 Å². The maximum atomic E-state index is 13.1. The molecule has 148 valence electrons. The van der Waals surface area contributed by atoms with Gasteiger partial charge in [0.25, 0.3) is 0 Å². The highest BCUT2D eigenvalue weighted by Gasteiger charge is 2.45. The fourth-order valence-corrected chi connectivity index (χ4v) is 4.89. The second-order valence-corrected chi connectivity index (χ2v) is 8.98. The van der Waals surface area contributed by atoms with Crippen LogP contribution in [0.4, 0.5) is 5.69 Å². The summed E-state index contributed by atoms with van der Waals surface area (Å²) < 4.78 is 1.13. The SMILES string of the molecule is O=C1C=C[C@](CO)(Nc2ccc(I)cc2)[C@H]1c1cc2ccccc2c2ccccc12. The molecular weight excluding hydrogens is 485 g/mol. The maximum Gasteiger partial charge on any atom is 0.165 e. The number of fused-ring (bicyclic) bond motifs is 3. The standard InChI is InChI=1S/C26H20INO2/c27-18-9-11-19(12-10-18)28-26(16-29)14-13-24(30)25(26)23-15-17-5-1-2-6-20(17)21-7-3-4-8-22(21)23/h1-15,25,28-29H,16H2/t25-,26+/m0/s1. The van der Waals surface area contributed by atoms with Crippen LogP contribution in [0.25, 0.3) is 21.5 Å². The van der Waals surface area contributed by atoms with Crippen LogP contribution >= 0.6 is 22.6 Å². The van der Waals surface area contributed by atoms with Crippen molar-refractivity contribution in [1.82, 2.24) is 0 Å². The number of benzene rings is 4. The number of nitrogens with one attached hydrogen (secondary N) is 1. The first-order chi connectivity index (χ1) is 14.6. The Morgan fingerprint density at radius 2 is 1.57 bits per heavy atom. The normalized spacial score (nSPS) is 20.9. The van der Waals surface area contributed by atoms with Crippen molar-refractivity contribution in [3.63, 3.8) is 0 Å². The molecule has 1 aliphatic rings. The summed E-state index contributed by atoms with van der Waals surface area (Å²) in [6.45, 7) is -0.187. The lowest BCUT2D eigenvalue weighted by Crippen LogP contribution is -2.45. The van der Waals surface area contributed by atoms with E-state index >= 15 is 0 Å². The number of anilines is 1. The Balaban J connectivity index is 1.71. The topological polar surface area (TPSA) is 49.3 Å². The third-order valence-corrected chi connectivity index (χ3v) is 6.66. The molecule has 0 fully saturated rings. The number of carbonyl (C=O) groups excluding carboxylic acids is 1. The molecule has 0 saturated heterocycles. The van der Waals surface area contributed by atoms with E-state index in [1.54, 1.807) is 6.08 Å². The fraction of sp³-hybridized carbons (Fsp3) is 0.115. The van der Waals surface area contributed by atoms with E-state index in [0.29, 0.717) is 0 Å². The number of carbonyl (C=O) groups is 1. The molecule has 0 spiro atoms. The number of rotatable bonds is 4. The summed E-state index contributed by atoms with van der Waals surface area (Å²) in [5.74, 6) is -0.515. The van der Waals surface area contributed by atoms with Crippen molar-refractivity contribution in [2.75, 3.05) is 11.9 Å². The molecular formula is C26H20INO2. The Bertz CT molecular complexity index is 1300. The van der Waals surface area contributed by atoms with Crippen molar-refractivity contribution in [3.8, 4) is 0 Å². The Morgan fingerprint density at radius 1 is 0.900 bits per heavy atom. The average molecular weight is 505 g/mol. The van der Waals surface area contributed by atoms with Crippen LogP contribution in [-0.4, -0.2) is 23.0 Å². The van der Waals surface area contributed by atoms with Gasteiger partial charge in [0.05, 0.1) is 18.1 Å². The molecule has 30 heavy (non-hydrogen) atoms. The molecule has 3 nitrogen and oxygen atoms in total. The molecule has 2 N–H and O–H groups in total. The first-order valence-corrected chi connectivity index (χ1v) is 11.0. The summed E-state index contributed by atoms with van der Waals surface area (Å²) in [4.78, 5) is 13.1. The Labute approximate surface area is 188 Å². The third-order valence-electron chi connectivity index (χ3n) is 5.94. The van der Waals surface area contributed by atoms with Crippen LogP contribution in [0, 0.1) is 3.57 Å². The molecule has 0 saturated carbocycles. The molecule has 0 heterocycles. The highest BCUT2D eigenvalue weighted by molar-refractivity contribution is 14.1. The first-order valence-electron chi connectivity index (χ1n) is 9.89. The van der Waals surface area contributed by atoms with Gasteiger partial charge in [-0.1, -0.05) is 54.6 Å². The minimum atomic E-state index is -0.894. The molecule has 1 aliphatic carbocycles. The smallest absolute Gasteiger partial charge is 0.165 e. The summed E-state index contributed by atoms with van der Waals surface area (Å²) >= 11 is 2.26. The van der Waals surface area contributed by atoms with E-state index < -0.39 is 11.5 Å². The van der Waals surface area contributed by atoms with E-state index in [-0.39, 0.29) is 12.4 Å². The van der Waals surface area contributed by atoms with Crippen LogP contribution in [0.15, 0.2) is 91.0 Å². The number of aliphatic hydroxyl groups is 1. The van der Waals surface area contributed by atoms with Crippen molar-refractivity contribution >= 4 is 55.6 Å². The number of hydrogen-bond acceptors (Lipinski definition) is 3. The van der Waals surface area contributed by atoms with Crippen molar-refractivity contribution in [2.45, 2.75) is 11.5 Å². The monoisotopic (exact) mass is 505 g/mol. The van der Waals surface area contributed by atoms with Crippen molar-refractivity contribution < 1.29 is 9.90 Å². The van der Waals surface area contributed by atoms with Gasteiger partial charge in [0, 0.05) is 9.26 Å². The highest BCUT2D eigenvalue weighted by Crippen LogP contribution is 2.43. The zero-order valence-corrected chi connectivity index (χ0v) is 18.3. The zero-order chi connectivity index (χ0) is 20.7. The molecule has 0 unspecified atom stereocenters. The summed E-state index contributed by atoms with van der Waals surface area (Å²) in [5, 5.41) is 18.4. The molecule has 0 bridgehead atoms. The number of allylic oxidation sites excluding steroid dienone is 1. The van der Waals surface area contributed by atoms with Gasteiger partial charge in [-0.05, 0) is 86.1 Å². The maximum absolute atomic E-state index is 13.1. The lowest BCUT2D eigenvalue weighted by atomic mass is 9.78. The number of hydrogen-bond donors (Lipinski definition) is 2. The molecule has 2 atom stereocenters. The van der Waals surface area contributed by atoms with Crippen molar-refractivity contribution in [1.29, 1.82) is 0 Å². The largest absolute Gasteiger partial charge is 0.394 e. The van der Waals surface area contributed by atoms with Crippen LogP contribution in [0.2, 0.25) is 0 Å². The predicted molar refractivity (Wildman–Crippen MR) is 131 cm³/mol. The van der Waals surface area contributed by atoms with Gasteiger partial charge in [0.15, 0.2) is 5.78 Å². The second-order valence-electron chi connectivity index (χ2n) is 7.73. The summed E-state index contributed by atoms with van der Waals surface area (Å²) in [5.41, 5.74) is 0.917. The van der Waals surface area contributed by atoms with Gasteiger partial charge in [-0.25, -0.2) is 0 Å². The van der Waals surface area contributed by atoms with Gasteiger partial charge in [-0.2, -0.15) is 0 Å². The van der Waals surface area contributed by atoms with Gasteiger partial charge in [0.2, 0.25) is 0 Å². The molecule has 0 aliphatic heterocycles. The molecule has 0 amide bonds. The lowest BCUT2D eigenvalue weighted by molar-refractivity contribution is -0.116. The van der Waals surface area contributed by atoms with Gasteiger partial charge < -0.3 is 10.4 Å². The minimum Gasteiger partial charge on any atom is -0.394 e. The molecule has 5 rings (SSSR count). The van der Waals surface area contributed by atoms with E-state index in [4.69, 9.17) is 0 Å². The summed E-state index contributed by atoms with van der Waals surface area (Å²) in [6.07, 6.45) is 3.42. The van der Waals surface area contributed by atoms with E-state index in [9.17, 15) is 9.90 Å². The number of ketones is 1. The van der Waals surface area contributed by atoms with Gasteiger partial charge >= 0.3 is 0 Å². The fourth-order valence-electron chi connectivity index (χ4n) is 4.53. The molecule has 4 heteroatoms. The van der Waals surface area contributed by atoms with Crippen LogP contribution in [0.5, 0.6) is 0 Å². The van der Waals surface area contributed by atoms with E-state index in [1.165, 1.54) is 0 Å². The van der Waals surface area contributed by atoms with Crippen molar-refractivity contribution in [2.24, 2.45) is 0 Å². The lowest BCUT2D eigenvalue weighted by Gasteiger charge is -2.35. The highest BCUT2D eigenvalue weighted by atomic mass is 127. The molecule has 0 radical (unpaired) electrons. The Morgan fingerprint density at radius 3 is 2.30 bits per heavy atom. The summed E-state index contributed by atoms with van der Waals surface area (Å²) in [7, 11) is 0. The van der Waals surface area contributed by atoms with Crippen molar-refractivity contribution in [3.05, 3.63) is 100 Å². The van der Waals surface area contributed by atoms with Gasteiger partial charge in [-0.3, -0.25) is 4.79 Å². The molecule has 4 aromatic carbocycles. The van der Waals surface area contributed by atoms with Crippen LogP contribution in [0.1, 0.15) is 11.5 Å². The first kappa shape index (κ1) is 19.3. The molecule has 0 aromatic heterocycles. The van der Waals surface area contributed by atoms with E-state index in [2.05, 4.69) is 58.2 Å². The quantitative estimate of drug-likeness (QED) is 0.278. The second kappa shape index (κ2) is 7.52. The number of aliphatic hydroxyl groups excluding tert-OH is 1. The minimum absolute atomic E-state index is 0.00231. The third kappa shape index (κ3) is 3.11. The number of halogens is 1. The van der Waals surface area contributed by atoms with E-state index in [1.807, 2.05) is 54.6 Å². The molecule has 4 aromatic rings. The van der Waals surface area contributed by atoms with Crippen LogP contribution < -0.4 is 5.32 Å². The van der Waals surface area contributed by atoms with Gasteiger partial charge in [0.1, 0.15) is 0 Å². The average Bonchev–Trinajstić information content (AvgIpc) is 3.11. The van der Waals surface area contributed by atoms with Crippen LogP contribution in [-0.2, 0) is 4.79 Å².